The number of ether oxygens (including phenoxy) is 1. The van der Waals surface area contributed by atoms with Gasteiger partial charge in [0, 0.05) is 7.11 Å². The molecular formula is C11H13N3O3. The summed E-state index contributed by atoms with van der Waals surface area (Å²) in [6.07, 6.45) is 0. The Morgan fingerprint density at radius 2 is 2.29 bits per heavy atom. The number of carbonyl (C=O) groups excluding carboxylic acids is 1. The number of amides is 1. The molecule has 0 atom stereocenters. The smallest absolute Gasteiger partial charge is 0.293 e. The minimum absolute atomic E-state index is 0.207. The molecule has 0 aliphatic heterocycles. The molecule has 0 spiro atoms. The van der Waals surface area contributed by atoms with E-state index in [2.05, 4.69) is 10.5 Å². The van der Waals surface area contributed by atoms with E-state index in [0.717, 1.165) is 0 Å². The SMILES string of the molecule is COCCONC(=O)c1ccc(C#N)c(C)n1. The predicted molar refractivity (Wildman–Crippen MR) is 59.0 cm³/mol. The highest BCUT2D eigenvalue weighted by molar-refractivity contribution is 5.91. The summed E-state index contributed by atoms with van der Waals surface area (Å²) >= 11 is 0. The summed E-state index contributed by atoms with van der Waals surface area (Å²) in [6, 6.07) is 5.00. The lowest BCUT2D eigenvalue weighted by atomic mass is 10.2. The van der Waals surface area contributed by atoms with Crippen molar-refractivity contribution in [1.82, 2.24) is 10.5 Å². The van der Waals surface area contributed by atoms with Crippen molar-refractivity contribution < 1.29 is 14.4 Å². The van der Waals surface area contributed by atoms with E-state index in [1.165, 1.54) is 13.2 Å². The fraction of sp³-hybridized carbons (Fsp3) is 0.364. The Bertz CT molecular complexity index is 440. The van der Waals surface area contributed by atoms with Gasteiger partial charge in [-0.05, 0) is 19.1 Å². The molecule has 1 heterocycles. The van der Waals surface area contributed by atoms with Crippen LogP contribution in [-0.4, -0.2) is 31.2 Å². The molecule has 0 aliphatic rings. The number of methoxy groups -OCH3 is 1. The Labute approximate surface area is 99.1 Å². The van der Waals surface area contributed by atoms with Gasteiger partial charge in [-0.1, -0.05) is 0 Å². The fourth-order valence-corrected chi connectivity index (χ4v) is 1.10. The maximum Gasteiger partial charge on any atom is 0.293 e. The second kappa shape index (κ2) is 6.58. The number of aromatic nitrogens is 1. The van der Waals surface area contributed by atoms with Crippen LogP contribution in [0.25, 0.3) is 0 Å². The molecule has 1 aromatic rings. The number of carbonyl (C=O) groups is 1. The Balaban J connectivity index is 2.58. The molecule has 1 N–H and O–H groups in total. The van der Waals surface area contributed by atoms with Crippen LogP contribution in [-0.2, 0) is 9.57 Å². The van der Waals surface area contributed by atoms with Gasteiger partial charge in [0.25, 0.3) is 5.91 Å². The maximum atomic E-state index is 11.5. The first-order chi connectivity index (χ1) is 8.19. The number of nitriles is 1. The molecule has 6 heteroatoms. The van der Waals surface area contributed by atoms with E-state index in [1.54, 1.807) is 13.0 Å². The topological polar surface area (TPSA) is 84.2 Å². The number of hydrogen-bond acceptors (Lipinski definition) is 5. The molecule has 0 bridgehead atoms. The zero-order valence-electron chi connectivity index (χ0n) is 9.69. The Morgan fingerprint density at radius 1 is 1.53 bits per heavy atom. The molecule has 0 saturated carbocycles. The molecule has 1 amide bonds. The fourth-order valence-electron chi connectivity index (χ4n) is 1.10. The number of hydrogen-bond donors (Lipinski definition) is 1. The van der Waals surface area contributed by atoms with Crippen LogP contribution in [0.2, 0.25) is 0 Å². The van der Waals surface area contributed by atoms with Gasteiger partial charge in [-0.3, -0.25) is 9.63 Å². The number of nitrogens with zero attached hydrogens (tertiary/aromatic N) is 2. The second-order valence-electron chi connectivity index (χ2n) is 3.21. The third kappa shape index (κ3) is 3.83. The van der Waals surface area contributed by atoms with Gasteiger partial charge in [0.2, 0.25) is 0 Å². The zero-order chi connectivity index (χ0) is 12.7. The molecule has 0 fully saturated rings. The Morgan fingerprint density at radius 3 is 2.88 bits per heavy atom. The van der Waals surface area contributed by atoms with Gasteiger partial charge in [0.1, 0.15) is 11.8 Å². The third-order valence-electron chi connectivity index (χ3n) is 1.99. The summed E-state index contributed by atoms with van der Waals surface area (Å²) < 4.78 is 4.75. The quantitative estimate of drug-likeness (QED) is 0.595. The van der Waals surface area contributed by atoms with E-state index < -0.39 is 5.91 Å². The van der Waals surface area contributed by atoms with Crippen LogP contribution < -0.4 is 5.48 Å². The largest absolute Gasteiger partial charge is 0.382 e. The van der Waals surface area contributed by atoms with Crippen molar-refractivity contribution in [2.75, 3.05) is 20.3 Å². The summed E-state index contributed by atoms with van der Waals surface area (Å²) in [5.74, 6) is -0.450. The first-order valence-corrected chi connectivity index (χ1v) is 4.98. The highest BCUT2D eigenvalue weighted by Gasteiger charge is 2.09. The van der Waals surface area contributed by atoms with Crippen LogP contribution in [0.5, 0.6) is 0 Å². The first kappa shape index (κ1) is 13.1. The number of rotatable bonds is 5. The van der Waals surface area contributed by atoms with Gasteiger partial charge in [0.05, 0.1) is 24.5 Å². The minimum atomic E-state index is -0.450. The van der Waals surface area contributed by atoms with Crippen molar-refractivity contribution in [2.45, 2.75) is 6.92 Å². The van der Waals surface area contributed by atoms with Crippen LogP contribution in [0.3, 0.4) is 0 Å². The minimum Gasteiger partial charge on any atom is -0.382 e. The summed E-state index contributed by atoms with van der Waals surface area (Å²) in [6.45, 7) is 2.32. The van der Waals surface area contributed by atoms with Gasteiger partial charge in [-0.25, -0.2) is 10.5 Å². The molecule has 0 aromatic carbocycles. The normalized spacial score (nSPS) is 9.71. The lowest BCUT2D eigenvalue weighted by molar-refractivity contribution is 0.00857. The van der Waals surface area contributed by atoms with E-state index in [-0.39, 0.29) is 12.3 Å². The van der Waals surface area contributed by atoms with Crippen LogP contribution in [0.4, 0.5) is 0 Å². The van der Waals surface area contributed by atoms with Crippen LogP contribution in [0.1, 0.15) is 21.7 Å². The molecule has 0 aliphatic carbocycles. The molecule has 17 heavy (non-hydrogen) atoms. The van der Waals surface area contributed by atoms with E-state index in [0.29, 0.717) is 17.9 Å². The van der Waals surface area contributed by atoms with Gasteiger partial charge < -0.3 is 4.74 Å². The van der Waals surface area contributed by atoms with E-state index in [9.17, 15) is 4.79 Å². The Kier molecular flexibility index (Phi) is 5.07. The molecule has 90 valence electrons. The van der Waals surface area contributed by atoms with E-state index in [4.69, 9.17) is 14.8 Å². The van der Waals surface area contributed by atoms with Crippen molar-refractivity contribution in [3.05, 3.63) is 29.1 Å². The number of hydroxylamine groups is 1. The highest BCUT2D eigenvalue weighted by Crippen LogP contribution is 2.05. The van der Waals surface area contributed by atoms with Gasteiger partial charge in [0.15, 0.2) is 0 Å². The summed E-state index contributed by atoms with van der Waals surface area (Å²) in [5.41, 5.74) is 3.40. The molecular weight excluding hydrogens is 222 g/mol. The van der Waals surface area contributed by atoms with Crippen molar-refractivity contribution in [3.8, 4) is 6.07 Å². The number of nitrogens with one attached hydrogen (secondary N) is 1. The molecule has 1 rings (SSSR count). The second-order valence-corrected chi connectivity index (χ2v) is 3.21. The Hall–Kier alpha value is -1.97. The number of aryl methyl sites for hydroxylation is 1. The standard InChI is InChI=1S/C11H13N3O3/c1-8-9(7-12)3-4-10(13-8)11(15)14-17-6-5-16-2/h3-4H,5-6H2,1-2H3,(H,14,15). The first-order valence-electron chi connectivity index (χ1n) is 4.98. The van der Waals surface area contributed by atoms with Crippen LogP contribution in [0, 0.1) is 18.3 Å². The highest BCUT2D eigenvalue weighted by atomic mass is 16.7. The van der Waals surface area contributed by atoms with Gasteiger partial charge >= 0.3 is 0 Å². The van der Waals surface area contributed by atoms with Crippen molar-refractivity contribution in [3.63, 3.8) is 0 Å². The summed E-state index contributed by atoms with van der Waals surface area (Å²) in [5, 5.41) is 8.72. The third-order valence-corrected chi connectivity index (χ3v) is 1.99. The average Bonchev–Trinajstić information content (AvgIpc) is 2.34. The lowest BCUT2D eigenvalue weighted by Gasteiger charge is -2.05. The molecule has 1 aromatic heterocycles. The van der Waals surface area contributed by atoms with Crippen molar-refractivity contribution in [1.29, 1.82) is 5.26 Å². The lowest BCUT2D eigenvalue weighted by Crippen LogP contribution is -2.26. The molecule has 0 saturated heterocycles. The summed E-state index contributed by atoms with van der Waals surface area (Å²) in [4.78, 5) is 20.4. The monoisotopic (exact) mass is 235 g/mol. The molecule has 0 unspecified atom stereocenters. The molecule has 0 radical (unpaired) electrons. The van der Waals surface area contributed by atoms with Crippen LogP contribution in [0.15, 0.2) is 12.1 Å². The number of pyridine rings is 1. The van der Waals surface area contributed by atoms with Gasteiger partial charge in [-0.2, -0.15) is 5.26 Å². The van der Waals surface area contributed by atoms with Gasteiger partial charge in [-0.15, -0.1) is 0 Å². The van der Waals surface area contributed by atoms with E-state index in [1.807, 2.05) is 6.07 Å². The average molecular weight is 235 g/mol. The van der Waals surface area contributed by atoms with Crippen molar-refractivity contribution in [2.24, 2.45) is 0 Å². The summed E-state index contributed by atoms with van der Waals surface area (Å²) in [7, 11) is 1.54. The van der Waals surface area contributed by atoms with E-state index >= 15 is 0 Å². The maximum absolute atomic E-state index is 11.5. The zero-order valence-corrected chi connectivity index (χ0v) is 9.69. The molecule has 6 nitrogen and oxygen atoms in total. The van der Waals surface area contributed by atoms with Crippen LogP contribution >= 0.6 is 0 Å². The predicted octanol–water partition coefficient (Wildman–Crippen LogP) is 0.569. The van der Waals surface area contributed by atoms with Crippen molar-refractivity contribution >= 4 is 5.91 Å².